The van der Waals surface area contributed by atoms with Gasteiger partial charge in [-0.15, -0.1) is 0 Å². The van der Waals surface area contributed by atoms with Crippen LogP contribution in [0.5, 0.6) is 0 Å². The standard InChI is InChI=1S/C12H8Cl2F5N3S/c1-11(15,16)23-8-4-21-22(10(8)20)9-6(13)2-5(3-7(9)14)12(17,18)19/h2-4H,20H2,1H3. The van der Waals surface area contributed by atoms with Gasteiger partial charge in [0.15, 0.2) is 0 Å². The maximum atomic E-state index is 13.0. The van der Waals surface area contributed by atoms with E-state index in [1.807, 2.05) is 0 Å². The van der Waals surface area contributed by atoms with Crippen LogP contribution in [0.25, 0.3) is 5.69 Å². The van der Waals surface area contributed by atoms with Crippen LogP contribution in [0, 0.1) is 0 Å². The van der Waals surface area contributed by atoms with Crippen molar-refractivity contribution in [1.29, 1.82) is 0 Å². The number of nitrogens with two attached hydrogens (primary N) is 1. The zero-order valence-electron chi connectivity index (χ0n) is 11.3. The van der Waals surface area contributed by atoms with Gasteiger partial charge in [-0.05, 0) is 23.9 Å². The van der Waals surface area contributed by atoms with E-state index in [1.165, 1.54) is 0 Å². The molecule has 0 aliphatic heterocycles. The van der Waals surface area contributed by atoms with E-state index in [0.29, 0.717) is 19.1 Å². The normalized spacial score (nSPS) is 12.7. The van der Waals surface area contributed by atoms with Gasteiger partial charge in [0.25, 0.3) is 5.25 Å². The number of alkyl halides is 5. The molecule has 0 unspecified atom stereocenters. The van der Waals surface area contributed by atoms with Gasteiger partial charge < -0.3 is 5.73 Å². The minimum atomic E-state index is -4.63. The summed E-state index contributed by atoms with van der Waals surface area (Å²) in [6.45, 7) is 0.673. The smallest absolute Gasteiger partial charge is 0.383 e. The third-order valence-corrected chi connectivity index (χ3v) is 4.09. The number of nitrogen functional groups attached to an aromatic ring is 1. The van der Waals surface area contributed by atoms with Crippen molar-refractivity contribution in [3.05, 3.63) is 33.9 Å². The molecule has 2 N–H and O–H groups in total. The lowest BCUT2D eigenvalue weighted by Crippen LogP contribution is -2.09. The zero-order valence-corrected chi connectivity index (χ0v) is 13.6. The van der Waals surface area contributed by atoms with Gasteiger partial charge in [-0.2, -0.15) is 27.1 Å². The average Bonchev–Trinajstić information content (AvgIpc) is 2.68. The fraction of sp³-hybridized carbons (Fsp3) is 0.250. The molecule has 0 amide bonds. The quantitative estimate of drug-likeness (QED) is 0.555. The minimum absolute atomic E-state index is 0.0514. The lowest BCUT2D eigenvalue weighted by atomic mass is 10.2. The van der Waals surface area contributed by atoms with Gasteiger partial charge in [-0.3, -0.25) is 0 Å². The molecule has 1 aromatic carbocycles. The fourth-order valence-corrected chi connectivity index (χ4v) is 3.05. The summed E-state index contributed by atoms with van der Waals surface area (Å²) >= 11 is 11.8. The number of halogens is 7. The Hall–Kier alpha value is -1.19. The Labute approximate surface area is 141 Å². The van der Waals surface area contributed by atoms with Gasteiger partial charge in [0, 0.05) is 6.92 Å². The Morgan fingerprint density at radius 1 is 1.13 bits per heavy atom. The molecule has 0 saturated heterocycles. The predicted molar refractivity (Wildman–Crippen MR) is 79.5 cm³/mol. The van der Waals surface area contributed by atoms with E-state index in [-0.39, 0.29) is 38.2 Å². The van der Waals surface area contributed by atoms with Crippen LogP contribution in [-0.2, 0) is 6.18 Å². The summed E-state index contributed by atoms with van der Waals surface area (Å²) < 4.78 is 65.1. The van der Waals surface area contributed by atoms with Crippen molar-refractivity contribution in [2.24, 2.45) is 0 Å². The lowest BCUT2D eigenvalue weighted by molar-refractivity contribution is -0.137. The predicted octanol–water partition coefficient (Wildman–Crippen LogP) is 5.48. The van der Waals surface area contributed by atoms with Crippen LogP contribution in [0.3, 0.4) is 0 Å². The molecular formula is C12H8Cl2F5N3S. The third-order valence-electron chi connectivity index (χ3n) is 2.62. The first-order valence-corrected chi connectivity index (χ1v) is 7.44. The second-order valence-corrected chi connectivity index (χ2v) is 6.68. The molecule has 1 aromatic heterocycles. The number of anilines is 1. The Balaban J connectivity index is 2.52. The van der Waals surface area contributed by atoms with Crippen molar-refractivity contribution in [2.45, 2.75) is 23.3 Å². The minimum Gasteiger partial charge on any atom is -0.383 e. The Morgan fingerprint density at radius 2 is 1.65 bits per heavy atom. The van der Waals surface area contributed by atoms with Crippen molar-refractivity contribution in [3.8, 4) is 5.69 Å². The van der Waals surface area contributed by atoms with Crippen LogP contribution in [0.15, 0.2) is 23.2 Å². The van der Waals surface area contributed by atoms with Gasteiger partial charge in [0.2, 0.25) is 0 Å². The van der Waals surface area contributed by atoms with Gasteiger partial charge in [0.05, 0.1) is 26.7 Å². The molecule has 2 aromatic rings. The molecule has 0 radical (unpaired) electrons. The molecule has 1 heterocycles. The van der Waals surface area contributed by atoms with E-state index < -0.39 is 17.0 Å². The molecule has 2 rings (SSSR count). The first-order valence-electron chi connectivity index (χ1n) is 5.87. The maximum Gasteiger partial charge on any atom is 0.416 e. The molecule has 3 nitrogen and oxygen atoms in total. The number of hydrogen-bond acceptors (Lipinski definition) is 3. The highest BCUT2D eigenvalue weighted by Crippen LogP contribution is 2.41. The highest BCUT2D eigenvalue weighted by molar-refractivity contribution is 8.00. The van der Waals surface area contributed by atoms with E-state index in [2.05, 4.69) is 5.10 Å². The Bertz CT molecular complexity index is 716. The largest absolute Gasteiger partial charge is 0.416 e. The van der Waals surface area contributed by atoms with E-state index >= 15 is 0 Å². The summed E-state index contributed by atoms with van der Waals surface area (Å²) in [6.07, 6.45) is -3.57. The number of rotatable bonds is 3. The highest BCUT2D eigenvalue weighted by Gasteiger charge is 2.33. The molecule has 23 heavy (non-hydrogen) atoms. The molecule has 0 aliphatic carbocycles. The lowest BCUT2D eigenvalue weighted by Gasteiger charge is -2.14. The van der Waals surface area contributed by atoms with E-state index in [0.717, 1.165) is 10.9 Å². The van der Waals surface area contributed by atoms with Gasteiger partial charge in [0.1, 0.15) is 11.5 Å². The van der Waals surface area contributed by atoms with E-state index in [1.54, 1.807) is 0 Å². The molecule has 0 fully saturated rings. The summed E-state index contributed by atoms with van der Waals surface area (Å²) in [7, 11) is 0. The fourth-order valence-electron chi connectivity index (χ4n) is 1.72. The molecule has 11 heteroatoms. The summed E-state index contributed by atoms with van der Waals surface area (Å²) in [5.41, 5.74) is 4.55. The SMILES string of the molecule is CC(F)(F)Sc1cnn(-c2c(Cl)cc(C(F)(F)F)cc2Cl)c1N. The van der Waals surface area contributed by atoms with Crippen molar-refractivity contribution in [3.63, 3.8) is 0 Å². The van der Waals surface area contributed by atoms with E-state index in [9.17, 15) is 22.0 Å². The van der Waals surface area contributed by atoms with E-state index in [4.69, 9.17) is 28.9 Å². The number of benzene rings is 1. The van der Waals surface area contributed by atoms with Crippen molar-refractivity contribution in [1.82, 2.24) is 9.78 Å². The second-order valence-electron chi connectivity index (χ2n) is 4.50. The molecular weight excluding hydrogens is 384 g/mol. The Kier molecular flexibility index (Phi) is 4.76. The number of aromatic nitrogens is 2. The van der Waals surface area contributed by atoms with Crippen LogP contribution in [0.2, 0.25) is 10.0 Å². The number of hydrogen-bond donors (Lipinski definition) is 1. The molecule has 0 spiro atoms. The van der Waals surface area contributed by atoms with Gasteiger partial charge >= 0.3 is 6.18 Å². The first-order chi connectivity index (χ1) is 10.4. The van der Waals surface area contributed by atoms with Crippen LogP contribution >= 0.6 is 35.0 Å². The molecule has 0 bridgehead atoms. The molecule has 0 atom stereocenters. The van der Waals surface area contributed by atoms with Crippen LogP contribution in [0.4, 0.5) is 27.8 Å². The molecule has 126 valence electrons. The van der Waals surface area contributed by atoms with Gasteiger partial charge in [-0.1, -0.05) is 23.2 Å². The number of thioether (sulfide) groups is 1. The van der Waals surface area contributed by atoms with Crippen LogP contribution in [-0.4, -0.2) is 15.0 Å². The summed E-state index contributed by atoms with van der Waals surface area (Å²) in [6, 6.07) is 1.32. The van der Waals surface area contributed by atoms with Crippen LogP contribution < -0.4 is 5.73 Å². The highest BCUT2D eigenvalue weighted by atomic mass is 35.5. The second kappa shape index (κ2) is 6.03. The van der Waals surface area contributed by atoms with Crippen molar-refractivity contribution >= 4 is 40.8 Å². The monoisotopic (exact) mass is 391 g/mol. The molecule has 0 aliphatic rings. The third kappa shape index (κ3) is 4.02. The Morgan fingerprint density at radius 3 is 2.09 bits per heavy atom. The summed E-state index contributed by atoms with van der Waals surface area (Å²) in [4.78, 5) is -0.0514. The topological polar surface area (TPSA) is 43.8 Å². The van der Waals surface area contributed by atoms with Crippen molar-refractivity contribution in [2.75, 3.05) is 5.73 Å². The zero-order chi connectivity index (χ0) is 17.6. The van der Waals surface area contributed by atoms with Crippen LogP contribution in [0.1, 0.15) is 12.5 Å². The number of nitrogens with zero attached hydrogens (tertiary/aromatic N) is 2. The van der Waals surface area contributed by atoms with Crippen molar-refractivity contribution < 1.29 is 22.0 Å². The first kappa shape index (κ1) is 18.2. The average molecular weight is 392 g/mol. The summed E-state index contributed by atoms with van der Waals surface area (Å²) in [5, 5.41) is -0.0537. The summed E-state index contributed by atoms with van der Waals surface area (Å²) in [5.74, 6) is -0.208. The molecule has 0 saturated carbocycles. The maximum absolute atomic E-state index is 13.0. The van der Waals surface area contributed by atoms with Gasteiger partial charge in [-0.25, -0.2) is 4.68 Å².